The Morgan fingerprint density at radius 2 is 2.06 bits per heavy atom. The van der Waals surface area contributed by atoms with Crippen molar-refractivity contribution < 1.29 is 18.3 Å². The van der Waals surface area contributed by atoms with Gasteiger partial charge in [0.05, 0.1) is 0 Å². The van der Waals surface area contributed by atoms with Crippen molar-refractivity contribution >= 4 is 5.91 Å². The van der Waals surface area contributed by atoms with Gasteiger partial charge in [-0.2, -0.15) is 8.78 Å². The molecule has 2 heterocycles. The Morgan fingerprint density at radius 3 is 2.84 bits per heavy atom. The molecule has 1 aromatic heterocycles. The van der Waals surface area contributed by atoms with Crippen LogP contribution < -0.4 is 4.74 Å². The first kappa shape index (κ1) is 23.1. The minimum absolute atomic E-state index is 0.156. The molecule has 5 nitrogen and oxygen atoms in total. The van der Waals surface area contributed by atoms with Gasteiger partial charge in [0.2, 0.25) is 5.91 Å². The van der Waals surface area contributed by atoms with Gasteiger partial charge < -0.3 is 9.64 Å². The Kier molecular flexibility index (Phi) is 8.76. The SMILES string of the molecule is CN(CCc1ccccn1)C(=O)CC[C@@H]1CCCN(Cc2ccccc2OC(F)F)C1. The zero-order valence-corrected chi connectivity index (χ0v) is 18.1. The van der Waals surface area contributed by atoms with E-state index in [0.717, 1.165) is 50.0 Å². The summed E-state index contributed by atoms with van der Waals surface area (Å²) in [6.07, 6.45) is 6.04. The average Bonchev–Trinajstić information content (AvgIpc) is 2.78. The summed E-state index contributed by atoms with van der Waals surface area (Å²) in [7, 11) is 1.85. The van der Waals surface area contributed by atoms with E-state index in [1.807, 2.05) is 37.4 Å². The van der Waals surface area contributed by atoms with Crippen LogP contribution in [-0.2, 0) is 17.8 Å². The van der Waals surface area contributed by atoms with Crippen molar-refractivity contribution in [1.82, 2.24) is 14.8 Å². The summed E-state index contributed by atoms with van der Waals surface area (Å²) in [5.74, 6) is 0.832. The van der Waals surface area contributed by atoms with Gasteiger partial charge in [0.25, 0.3) is 0 Å². The number of pyridine rings is 1. The summed E-state index contributed by atoms with van der Waals surface area (Å²) in [5, 5.41) is 0. The highest BCUT2D eigenvalue weighted by Crippen LogP contribution is 2.26. The van der Waals surface area contributed by atoms with Gasteiger partial charge in [-0.1, -0.05) is 24.3 Å². The molecule has 0 spiro atoms. The number of carbonyl (C=O) groups excluding carboxylic acids is 1. The summed E-state index contributed by atoms with van der Waals surface area (Å²) in [4.78, 5) is 20.9. The topological polar surface area (TPSA) is 45.7 Å². The van der Waals surface area contributed by atoms with Crippen molar-refractivity contribution in [1.29, 1.82) is 0 Å². The molecule has 1 aliphatic heterocycles. The Hall–Kier alpha value is -2.54. The lowest BCUT2D eigenvalue weighted by Gasteiger charge is -2.33. The lowest BCUT2D eigenvalue weighted by molar-refractivity contribution is -0.130. The van der Waals surface area contributed by atoms with Crippen LogP contribution in [0.25, 0.3) is 0 Å². The van der Waals surface area contributed by atoms with Crippen LogP contribution in [-0.4, -0.2) is 54.0 Å². The molecule has 0 aliphatic carbocycles. The second-order valence-electron chi connectivity index (χ2n) is 8.15. The van der Waals surface area contributed by atoms with E-state index in [-0.39, 0.29) is 11.7 Å². The van der Waals surface area contributed by atoms with Gasteiger partial charge in [-0.05, 0) is 49.9 Å². The highest BCUT2D eigenvalue weighted by atomic mass is 19.3. The zero-order chi connectivity index (χ0) is 22.1. The summed E-state index contributed by atoms with van der Waals surface area (Å²) in [5.41, 5.74) is 1.76. The molecule has 0 saturated carbocycles. The lowest BCUT2D eigenvalue weighted by Crippen LogP contribution is -2.36. The zero-order valence-electron chi connectivity index (χ0n) is 18.1. The number of rotatable bonds is 10. The summed E-state index contributed by atoms with van der Waals surface area (Å²) < 4.78 is 30.0. The normalized spacial score (nSPS) is 17.0. The fourth-order valence-electron chi connectivity index (χ4n) is 4.09. The molecule has 0 bridgehead atoms. The van der Waals surface area contributed by atoms with E-state index in [0.29, 0.717) is 25.4 Å². The number of halogens is 2. The lowest BCUT2D eigenvalue weighted by atomic mass is 9.92. The number of benzene rings is 1. The maximum absolute atomic E-state index is 12.7. The molecule has 7 heteroatoms. The van der Waals surface area contributed by atoms with Crippen LogP contribution in [0.4, 0.5) is 8.78 Å². The van der Waals surface area contributed by atoms with Crippen LogP contribution in [0.3, 0.4) is 0 Å². The molecule has 1 fully saturated rings. The van der Waals surface area contributed by atoms with Gasteiger partial charge in [-0.25, -0.2) is 0 Å². The molecule has 0 N–H and O–H groups in total. The number of likely N-dealkylation sites (tertiary alicyclic amines) is 1. The first-order valence-corrected chi connectivity index (χ1v) is 10.9. The predicted molar refractivity (Wildman–Crippen MR) is 116 cm³/mol. The number of piperidine rings is 1. The molecule has 1 amide bonds. The molecule has 31 heavy (non-hydrogen) atoms. The molecule has 168 valence electrons. The molecular weight excluding hydrogens is 400 g/mol. The van der Waals surface area contributed by atoms with E-state index in [2.05, 4.69) is 14.6 Å². The maximum atomic E-state index is 12.7. The monoisotopic (exact) mass is 431 g/mol. The Balaban J connectivity index is 1.44. The Bertz CT molecular complexity index is 819. The fraction of sp³-hybridized carbons (Fsp3) is 0.500. The van der Waals surface area contributed by atoms with E-state index < -0.39 is 6.61 Å². The highest BCUT2D eigenvalue weighted by Gasteiger charge is 2.22. The number of para-hydroxylation sites is 1. The van der Waals surface area contributed by atoms with Crippen LogP contribution >= 0.6 is 0 Å². The summed E-state index contributed by atoms with van der Waals surface area (Å²) in [6.45, 7) is 0.215. The number of ether oxygens (including phenoxy) is 1. The van der Waals surface area contributed by atoms with Crippen LogP contribution in [0.2, 0.25) is 0 Å². The number of alkyl halides is 2. The van der Waals surface area contributed by atoms with Gasteiger partial charge in [-0.3, -0.25) is 14.7 Å². The van der Waals surface area contributed by atoms with Crippen LogP contribution in [0.1, 0.15) is 36.9 Å². The fourth-order valence-corrected chi connectivity index (χ4v) is 4.09. The molecule has 1 aliphatic rings. The highest BCUT2D eigenvalue weighted by molar-refractivity contribution is 5.75. The van der Waals surface area contributed by atoms with Crippen molar-refractivity contribution in [3.63, 3.8) is 0 Å². The van der Waals surface area contributed by atoms with Crippen LogP contribution in [0, 0.1) is 5.92 Å². The molecule has 0 radical (unpaired) electrons. The van der Waals surface area contributed by atoms with E-state index in [4.69, 9.17) is 0 Å². The quantitative estimate of drug-likeness (QED) is 0.560. The summed E-state index contributed by atoms with van der Waals surface area (Å²) in [6, 6.07) is 12.8. The smallest absolute Gasteiger partial charge is 0.387 e. The number of carbonyl (C=O) groups is 1. The van der Waals surface area contributed by atoms with Gasteiger partial charge in [0, 0.05) is 57.0 Å². The minimum Gasteiger partial charge on any atom is -0.434 e. The maximum Gasteiger partial charge on any atom is 0.387 e. The average molecular weight is 432 g/mol. The van der Waals surface area contributed by atoms with Crippen molar-refractivity contribution in [2.75, 3.05) is 26.7 Å². The molecule has 3 rings (SSSR count). The second-order valence-corrected chi connectivity index (χ2v) is 8.15. The third-order valence-corrected chi connectivity index (χ3v) is 5.81. The number of nitrogens with zero attached hydrogens (tertiary/aromatic N) is 3. The number of hydrogen-bond acceptors (Lipinski definition) is 4. The van der Waals surface area contributed by atoms with E-state index in [1.54, 1.807) is 23.2 Å². The van der Waals surface area contributed by atoms with E-state index in [1.165, 1.54) is 0 Å². The van der Waals surface area contributed by atoms with Crippen molar-refractivity contribution in [2.24, 2.45) is 5.92 Å². The van der Waals surface area contributed by atoms with Gasteiger partial charge >= 0.3 is 6.61 Å². The molecule has 1 atom stereocenters. The predicted octanol–water partition coefficient (Wildman–Crippen LogP) is 4.38. The van der Waals surface area contributed by atoms with Gasteiger partial charge in [-0.15, -0.1) is 0 Å². The van der Waals surface area contributed by atoms with Crippen molar-refractivity contribution in [3.8, 4) is 5.75 Å². The van der Waals surface area contributed by atoms with Crippen LogP contribution in [0.5, 0.6) is 5.75 Å². The molecular formula is C24H31F2N3O2. The molecule has 2 aromatic rings. The minimum atomic E-state index is -2.82. The largest absolute Gasteiger partial charge is 0.434 e. The Morgan fingerprint density at radius 1 is 1.26 bits per heavy atom. The molecule has 1 aromatic carbocycles. The number of hydrogen-bond donors (Lipinski definition) is 0. The van der Waals surface area contributed by atoms with Gasteiger partial charge in [0.15, 0.2) is 0 Å². The van der Waals surface area contributed by atoms with Crippen LogP contribution in [0.15, 0.2) is 48.7 Å². The van der Waals surface area contributed by atoms with Crippen molar-refractivity contribution in [2.45, 2.75) is 45.3 Å². The first-order chi connectivity index (χ1) is 15.0. The van der Waals surface area contributed by atoms with Gasteiger partial charge in [0.1, 0.15) is 5.75 Å². The number of likely N-dealkylation sites (N-methyl/N-ethyl adjacent to an activating group) is 1. The van der Waals surface area contributed by atoms with E-state index >= 15 is 0 Å². The Labute approximate surface area is 183 Å². The molecule has 1 saturated heterocycles. The second kappa shape index (κ2) is 11.7. The third kappa shape index (κ3) is 7.58. The summed E-state index contributed by atoms with van der Waals surface area (Å²) >= 11 is 0. The van der Waals surface area contributed by atoms with E-state index in [9.17, 15) is 13.6 Å². The van der Waals surface area contributed by atoms with Crippen molar-refractivity contribution in [3.05, 3.63) is 59.9 Å². The standard InChI is InChI=1S/C24H31F2N3O2/c1-28(16-13-21-9-4-5-14-27-21)23(30)12-11-19-7-6-15-29(17-19)18-20-8-2-3-10-22(20)31-24(25)26/h2-5,8-10,14,19,24H,6-7,11-13,15-18H2,1H3/t19-/m0/s1. The molecule has 0 unspecified atom stereocenters. The first-order valence-electron chi connectivity index (χ1n) is 10.9. The number of amides is 1. The number of aromatic nitrogens is 1. The third-order valence-electron chi connectivity index (χ3n) is 5.81.